The highest BCUT2D eigenvalue weighted by Crippen LogP contribution is 2.54. The number of likely N-dealkylation sites (N-methyl/N-ethyl adjacent to an activating group) is 1. The Morgan fingerprint density at radius 2 is 1.88 bits per heavy atom. The number of Topliss-reactive ketones (excluding diaryl/α,β-unsaturated/α-hetero) is 1. The Balaban J connectivity index is 1.58. The zero-order valence-corrected chi connectivity index (χ0v) is 14.8. The lowest BCUT2D eigenvalue weighted by Crippen LogP contribution is -2.53. The third kappa shape index (κ3) is 2.32. The lowest BCUT2D eigenvalue weighted by Gasteiger charge is -2.39. The maximum Gasteiger partial charge on any atom is 0.327 e. The van der Waals surface area contributed by atoms with Gasteiger partial charge in [-0.3, -0.25) is 14.5 Å². The topological polar surface area (TPSA) is 57.7 Å². The van der Waals surface area contributed by atoms with E-state index in [1.807, 2.05) is 13.0 Å². The zero-order valence-electron chi connectivity index (χ0n) is 14.8. The average Bonchev–Trinajstić information content (AvgIpc) is 3.31. The highest BCUT2D eigenvalue weighted by atomic mass is 16.2. The number of urea groups is 1. The van der Waals surface area contributed by atoms with Crippen LogP contribution >= 0.6 is 0 Å². The van der Waals surface area contributed by atoms with E-state index in [0.29, 0.717) is 17.4 Å². The molecule has 0 spiro atoms. The molecule has 1 heterocycles. The van der Waals surface area contributed by atoms with Crippen LogP contribution in [0.5, 0.6) is 0 Å². The number of hydrogen-bond acceptors (Lipinski definition) is 3. The van der Waals surface area contributed by atoms with Crippen LogP contribution in [0.15, 0.2) is 30.3 Å². The number of imide groups is 1. The molecule has 5 nitrogen and oxygen atoms in total. The molecule has 2 saturated carbocycles. The van der Waals surface area contributed by atoms with Gasteiger partial charge in [0, 0.05) is 12.6 Å². The summed E-state index contributed by atoms with van der Waals surface area (Å²) in [5.74, 6) is 1.03. The fraction of sp³-hybridized carbons (Fsp3) is 0.550. The number of ketones is 1. The van der Waals surface area contributed by atoms with Crippen LogP contribution in [-0.4, -0.2) is 46.7 Å². The van der Waals surface area contributed by atoms with Crippen molar-refractivity contribution in [2.45, 2.75) is 38.1 Å². The quantitative estimate of drug-likeness (QED) is 0.625. The smallest absolute Gasteiger partial charge is 0.313 e. The summed E-state index contributed by atoms with van der Waals surface area (Å²) in [6.45, 7) is 1.72. The van der Waals surface area contributed by atoms with Gasteiger partial charge in [-0.1, -0.05) is 36.8 Å². The molecule has 1 aromatic rings. The van der Waals surface area contributed by atoms with E-state index < -0.39 is 5.54 Å². The molecule has 25 heavy (non-hydrogen) atoms. The van der Waals surface area contributed by atoms with Crippen molar-refractivity contribution in [3.05, 3.63) is 35.9 Å². The second kappa shape index (κ2) is 5.68. The Bertz CT molecular complexity index is 732. The first-order valence-electron chi connectivity index (χ1n) is 9.11. The number of carbonyl (C=O) groups excluding carboxylic acids is 3. The lowest BCUT2D eigenvalue weighted by atomic mass is 9.74. The third-order valence-corrected chi connectivity index (χ3v) is 6.75. The molecule has 0 radical (unpaired) electrons. The first kappa shape index (κ1) is 16.3. The second-order valence-corrected chi connectivity index (χ2v) is 7.95. The van der Waals surface area contributed by atoms with E-state index in [0.717, 1.165) is 17.7 Å². The number of amides is 3. The minimum Gasteiger partial charge on any atom is -0.313 e. The van der Waals surface area contributed by atoms with Gasteiger partial charge in [0.1, 0.15) is 5.54 Å². The Labute approximate surface area is 148 Å². The first-order chi connectivity index (χ1) is 11.9. The fourth-order valence-electron chi connectivity index (χ4n) is 5.22. The molecule has 5 heteroatoms. The van der Waals surface area contributed by atoms with E-state index in [2.05, 4.69) is 0 Å². The van der Waals surface area contributed by atoms with Crippen molar-refractivity contribution in [1.29, 1.82) is 0 Å². The summed E-state index contributed by atoms with van der Waals surface area (Å²) in [5, 5.41) is 0. The van der Waals surface area contributed by atoms with Crippen molar-refractivity contribution in [3.63, 3.8) is 0 Å². The number of rotatable bonds is 4. The number of fused-ring (bicyclic) bond motifs is 2. The summed E-state index contributed by atoms with van der Waals surface area (Å²) in [5.41, 5.74) is -0.285. The predicted molar refractivity (Wildman–Crippen MR) is 93.0 cm³/mol. The molecule has 132 valence electrons. The van der Waals surface area contributed by atoms with Crippen LogP contribution < -0.4 is 0 Å². The Morgan fingerprint density at radius 1 is 1.16 bits per heavy atom. The molecule has 3 amide bonds. The molecule has 4 atom stereocenters. The van der Waals surface area contributed by atoms with Gasteiger partial charge in [0.05, 0.1) is 6.54 Å². The van der Waals surface area contributed by atoms with Gasteiger partial charge in [0.15, 0.2) is 5.78 Å². The molecular weight excluding hydrogens is 316 g/mol. The average molecular weight is 340 g/mol. The molecule has 2 bridgehead atoms. The molecule has 2 unspecified atom stereocenters. The number of hydrogen-bond donors (Lipinski definition) is 0. The van der Waals surface area contributed by atoms with Gasteiger partial charge in [-0.2, -0.15) is 0 Å². The zero-order chi connectivity index (χ0) is 17.8. The highest BCUT2D eigenvalue weighted by Gasteiger charge is 2.61. The standard InChI is InChI=1S/C20H24N2O3/c1-20(16-11-13-8-9-15(16)10-13)18(24)22(19(25)21(20)2)12-17(23)14-6-4-3-5-7-14/h3-7,13,15-16H,8-12H2,1-2H3/t13-,15-,16?,20?/m1/s1. The van der Waals surface area contributed by atoms with Gasteiger partial charge >= 0.3 is 6.03 Å². The van der Waals surface area contributed by atoms with Gasteiger partial charge in [-0.05, 0) is 43.9 Å². The van der Waals surface area contributed by atoms with Crippen molar-refractivity contribution >= 4 is 17.7 Å². The summed E-state index contributed by atoms with van der Waals surface area (Å²) in [7, 11) is 1.71. The summed E-state index contributed by atoms with van der Waals surface area (Å²) >= 11 is 0. The molecule has 1 saturated heterocycles. The van der Waals surface area contributed by atoms with Crippen LogP contribution in [0.25, 0.3) is 0 Å². The molecular formula is C20H24N2O3. The normalized spacial score (nSPS) is 34.2. The molecule has 3 aliphatic rings. The molecule has 1 aliphatic heterocycles. The van der Waals surface area contributed by atoms with E-state index in [9.17, 15) is 14.4 Å². The van der Waals surface area contributed by atoms with Gasteiger partial charge in [-0.15, -0.1) is 0 Å². The van der Waals surface area contributed by atoms with E-state index >= 15 is 0 Å². The molecule has 0 aromatic heterocycles. The largest absolute Gasteiger partial charge is 0.327 e. The maximum absolute atomic E-state index is 13.2. The summed E-state index contributed by atoms with van der Waals surface area (Å²) in [6, 6.07) is 8.49. The van der Waals surface area contributed by atoms with Crippen molar-refractivity contribution in [1.82, 2.24) is 9.80 Å². The minimum absolute atomic E-state index is 0.178. The second-order valence-electron chi connectivity index (χ2n) is 7.95. The van der Waals surface area contributed by atoms with Gasteiger partial charge < -0.3 is 4.90 Å². The van der Waals surface area contributed by atoms with Crippen molar-refractivity contribution in [2.24, 2.45) is 17.8 Å². The molecule has 2 aliphatic carbocycles. The van der Waals surface area contributed by atoms with Crippen molar-refractivity contribution < 1.29 is 14.4 Å². The molecule has 0 N–H and O–H groups in total. The van der Waals surface area contributed by atoms with E-state index in [1.54, 1.807) is 36.2 Å². The van der Waals surface area contributed by atoms with Crippen LogP contribution in [0.3, 0.4) is 0 Å². The van der Waals surface area contributed by atoms with E-state index in [4.69, 9.17) is 0 Å². The SMILES string of the molecule is CN1C(=O)N(CC(=O)c2ccccc2)C(=O)C1(C)C1C[C@@H]2CC[C@@H]1C2. The van der Waals surface area contributed by atoms with Crippen molar-refractivity contribution in [3.8, 4) is 0 Å². The van der Waals surface area contributed by atoms with Crippen molar-refractivity contribution in [2.75, 3.05) is 13.6 Å². The van der Waals surface area contributed by atoms with Crippen LogP contribution in [-0.2, 0) is 4.79 Å². The monoisotopic (exact) mass is 340 g/mol. The van der Waals surface area contributed by atoms with E-state index in [1.165, 1.54) is 12.8 Å². The third-order valence-electron chi connectivity index (χ3n) is 6.75. The lowest BCUT2D eigenvalue weighted by molar-refractivity contribution is -0.135. The Hall–Kier alpha value is -2.17. The summed E-state index contributed by atoms with van der Waals surface area (Å²) in [4.78, 5) is 41.2. The fourth-order valence-corrected chi connectivity index (χ4v) is 5.22. The Morgan fingerprint density at radius 3 is 2.48 bits per heavy atom. The summed E-state index contributed by atoms with van der Waals surface area (Å²) < 4.78 is 0. The van der Waals surface area contributed by atoms with Crippen LogP contribution in [0.1, 0.15) is 43.0 Å². The molecule has 1 aromatic carbocycles. The Kier molecular flexibility index (Phi) is 3.71. The van der Waals surface area contributed by atoms with E-state index in [-0.39, 0.29) is 30.2 Å². The van der Waals surface area contributed by atoms with Crippen LogP contribution in [0.2, 0.25) is 0 Å². The van der Waals surface area contributed by atoms with Gasteiger partial charge in [0.2, 0.25) is 0 Å². The number of benzene rings is 1. The first-order valence-corrected chi connectivity index (χ1v) is 9.11. The minimum atomic E-state index is -0.812. The predicted octanol–water partition coefficient (Wildman–Crippen LogP) is 2.96. The molecule has 3 fully saturated rings. The summed E-state index contributed by atoms with van der Waals surface area (Å²) in [6.07, 6.45) is 4.60. The van der Waals surface area contributed by atoms with Crippen LogP contribution in [0.4, 0.5) is 4.79 Å². The van der Waals surface area contributed by atoms with Gasteiger partial charge in [0.25, 0.3) is 5.91 Å². The highest BCUT2D eigenvalue weighted by molar-refractivity contribution is 6.11. The number of carbonyl (C=O) groups is 3. The van der Waals surface area contributed by atoms with Gasteiger partial charge in [-0.25, -0.2) is 4.79 Å². The maximum atomic E-state index is 13.2. The molecule has 4 rings (SSSR count). The number of nitrogens with zero attached hydrogens (tertiary/aromatic N) is 2. The van der Waals surface area contributed by atoms with Crippen LogP contribution in [0, 0.1) is 17.8 Å².